The molecule has 28 heavy (non-hydrogen) atoms. The molecule has 0 aliphatic heterocycles. The summed E-state index contributed by atoms with van der Waals surface area (Å²) in [6.45, 7) is 4.06. The molecule has 0 aliphatic rings. The first-order valence-corrected chi connectivity index (χ1v) is 9.88. The first-order valence-electron chi connectivity index (χ1n) is 9.08. The van der Waals surface area contributed by atoms with Gasteiger partial charge in [0.25, 0.3) is 5.56 Å². The summed E-state index contributed by atoms with van der Waals surface area (Å²) in [5, 5.41) is 15.2. The maximum atomic E-state index is 13.1. The van der Waals surface area contributed by atoms with Crippen molar-refractivity contribution in [2.45, 2.75) is 26.2 Å². The number of halogens is 1. The smallest absolute Gasteiger partial charge is 0.282 e. The number of hydrogen-bond donors (Lipinski definition) is 1. The normalized spacial score (nSPS) is 12.6. The first-order chi connectivity index (χ1) is 13.3. The van der Waals surface area contributed by atoms with Gasteiger partial charge in [0, 0.05) is 41.8 Å². The van der Waals surface area contributed by atoms with Gasteiger partial charge in [0.1, 0.15) is 11.6 Å². The van der Waals surface area contributed by atoms with Gasteiger partial charge in [0.05, 0.1) is 17.1 Å². The minimum absolute atomic E-state index is 0.0580. The molecule has 3 rings (SSSR count). The summed E-state index contributed by atoms with van der Waals surface area (Å²) in [5.74, 6) is 0.759. The molecule has 1 N–H and O–H groups in total. The van der Waals surface area contributed by atoms with E-state index in [9.17, 15) is 9.90 Å². The third-order valence-corrected chi connectivity index (χ3v) is 5.22. The highest BCUT2D eigenvalue weighted by atomic mass is 79.9. The average molecular weight is 443 g/mol. The predicted molar refractivity (Wildman–Crippen MR) is 118 cm³/mol. The van der Waals surface area contributed by atoms with Crippen molar-refractivity contribution in [3.8, 4) is 5.75 Å². The third kappa shape index (κ3) is 3.94. The zero-order valence-electron chi connectivity index (χ0n) is 16.3. The molecule has 7 heteroatoms. The van der Waals surface area contributed by atoms with Gasteiger partial charge in [-0.1, -0.05) is 29.8 Å². The van der Waals surface area contributed by atoms with Crippen molar-refractivity contribution in [1.82, 2.24) is 9.66 Å². The van der Waals surface area contributed by atoms with Crippen LogP contribution in [0, 0.1) is 0 Å². The molecule has 0 radical (unpaired) electrons. The van der Waals surface area contributed by atoms with Crippen LogP contribution in [0.2, 0.25) is 0 Å². The Labute approximate surface area is 172 Å². The lowest BCUT2D eigenvalue weighted by Gasteiger charge is -2.14. The van der Waals surface area contributed by atoms with Crippen LogP contribution in [0.5, 0.6) is 5.75 Å². The molecule has 0 fully saturated rings. The third-order valence-electron chi connectivity index (χ3n) is 4.73. The number of hydrogen-bond acceptors (Lipinski definition) is 5. The van der Waals surface area contributed by atoms with Crippen LogP contribution >= 0.6 is 15.9 Å². The summed E-state index contributed by atoms with van der Waals surface area (Å²) in [6, 6.07) is 10.8. The second-order valence-corrected chi connectivity index (χ2v) is 7.86. The lowest BCUT2D eigenvalue weighted by molar-refractivity contribution is 0.474. The van der Waals surface area contributed by atoms with Crippen molar-refractivity contribution < 1.29 is 5.11 Å². The highest BCUT2D eigenvalue weighted by Gasteiger charge is 2.15. The van der Waals surface area contributed by atoms with E-state index in [4.69, 9.17) is 0 Å². The van der Waals surface area contributed by atoms with Gasteiger partial charge in [0.2, 0.25) is 0 Å². The molecule has 0 saturated carbocycles. The molecule has 1 aromatic heterocycles. The number of rotatable bonds is 5. The Bertz CT molecular complexity index is 1110. The Morgan fingerprint density at radius 1 is 1.29 bits per heavy atom. The number of phenols is 1. The van der Waals surface area contributed by atoms with Crippen LogP contribution in [0.3, 0.4) is 0 Å². The Morgan fingerprint density at radius 2 is 2.04 bits per heavy atom. The van der Waals surface area contributed by atoms with Crippen LogP contribution < -0.4 is 10.5 Å². The van der Waals surface area contributed by atoms with Crippen molar-refractivity contribution in [3.63, 3.8) is 0 Å². The van der Waals surface area contributed by atoms with E-state index in [1.165, 1.54) is 10.9 Å². The van der Waals surface area contributed by atoms with Crippen molar-refractivity contribution in [2.24, 2.45) is 5.10 Å². The maximum Gasteiger partial charge on any atom is 0.282 e. The molecule has 0 bridgehead atoms. The highest BCUT2D eigenvalue weighted by Crippen LogP contribution is 2.23. The van der Waals surface area contributed by atoms with E-state index >= 15 is 0 Å². The molecule has 146 valence electrons. The predicted octanol–water partition coefficient (Wildman–Crippen LogP) is 4.33. The summed E-state index contributed by atoms with van der Waals surface area (Å²) in [5.41, 5.74) is 1.82. The van der Waals surface area contributed by atoms with Gasteiger partial charge < -0.3 is 10.0 Å². The number of phenolic OH excluding ortho intramolecular Hbond substituents is 1. The van der Waals surface area contributed by atoms with Gasteiger partial charge in [-0.25, -0.2) is 4.98 Å². The Morgan fingerprint density at radius 3 is 2.68 bits per heavy atom. The van der Waals surface area contributed by atoms with Crippen LogP contribution in [-0.2, 0) is 0 Å². The molecular weight excluding hydrogens is 420 g/mol. The SMILES string of the molecule is CC[C@H](C)c1nc2ccc(Br)cc2c(=O)n1N=Cc1ccc(N(C)C)cc1O. The van der Waals surface area contributed by atoms with Crippen LogP contribution in [-0.4, -0.2) is 35.1 Å². The van der Waals surface area contributed by atoms with Crippen molar-refractivity contribution in [2.75, 3.05) is 19.0 Å². The maximum absolute atomic E-state index is 13.1. The number of aromatic hydroxyl groups is 1. The second kappa shape index (κ2) is 8.14. The van der Waals surface area contributed by atoms with E-state index in [1.54, 1.807) is 18.2 Å². The first kappa shape index (κ1) is 20.1. The van der Waals surface area contributed by atoms with E-state index in [-0.39, 0.29) is 17.2 Å². The average Bonchev–Trinajstić information content (AvgIpc) is 2.67. The van der Waals surface area contributed by atoms with E-state index in [0.29, 0.717) is 22.3 Å². The molecule has 1 heterocycles. The molecule has 3 aromatic rings. The molecule has 6 nitrogen and oxygen atoms in total. The zero-order valence-corrected chi connectivity index (χ0v) is 17.9. The van der Waals surface area contributed by atoms with Crippen molar-refractivity contribution in [1.29, 1.82) is 0 Å². The standard InChI is InChI=1S/C21H23BrN4O2/c1-5-13(2)20-24-18-9-7-15(22)10-17(18)21(28)26(20)23-12-14-6-8-16(25(3)4)11-19(14)27/h6-13,27H,5H2,1-4H3/t13-/m0/s1. The fraction of sp³-hybridized carbons (Fsp3) is 0.286. The second-order valence-electron chi connectivity index (χ2n) is 6.94. The molecule has 0 amide bonds. The number of aromatic nitrogens is 2. The fourth-order valence-electron chi connectivity index (χ4n) is 2.82. The number of nitrogens with zero attached hydrogens (tertiary/aromatic N) is 4. The zero-order chi connectivity index (χ0) is 20.4. The summed E-state index contributed by atoms with van der Waals surface area (Å²) in [6.07, 6.45) is 2.32. The highest BCUT2D eigenvalue weighted by molar-refractivity contribution is 9.10. The minimum atomic E-state index is -0.234. The number of anilines is 1. The lowest BCUT2D eigenvalue weighted by atomic mass is 10.1. The Hall–Kier alpha value is -2.67. The molecule has 0 spiro atoms. The topological polar surface area (TPSA) is 70.7 Å². The van der Waals surface area contributed by atoms with E-state index in [0.717, 1.165) is 16.6 Å². The summed E-state index contributed by atoms with van der Waals surface area (Å²) >= 11 is 3.40. The van der Waals surface area contributed by atoms with E-state index in [1.807, 2.05) is 51.0 Å². The van der Waals surface area contributed by atoms with Crippen molar-refractivity contribution in [3.05, 3.63) is 62.6 Å². The van der Waals surface area contributed by atoms with Crippen LogP contribution in [0.25, 0.3) is 10.9 Å². The van der Waals surface area contributed by atoms with Gasteiger partial charge in [0.15, 0.2) is 0 Å². The van der Waals surface area contributed by atoms with Gasteiger partial charge in [-0.15, -0.1) is 0 Å². The number of fused-ring (bicyclic) bond motifs is 1. The molecular formula is C21H23BrN4O2. The van der Waals surface area contributed by atoms with Gasteiger partial charge in [-0.3, -0.25) is 4.79 Å². The fourth-order valence-corrected chi connectivity index (χ4v) is 3.18. The summed E-state index contributed by atoms with van der Waals surface area (Å²) in [7, 11) is 3.80. The summed E-state index contributed by atoms with van der Waals surface area (Å²) < 4.78 is 2.14. The van der Waals surface area contributed by atoms with Crippen molar-refractivity contribution >= 4 is 38.7 Å². The van der Waals surface area contributed by atoms with Crippen LogP contribution in [0.1, 0.15) is 37.6 Å². The lowest BCUT2D eigenvalue weighted by Crippen LogP contribution is -2.23. The van der Waals surface area contributed by atoms with Crippen LogP contribution in [0.15, 0.2) is 50.8 Å². The molecule has 2 aromatic carbocycles. The van der Waals surface area contributed by atoms with Gasteiger partial charge in [-0.05, 0) is 36.8 Å². The number of benzene rings is 2. The largest absolute Gasteiger partial charge is 0.507 e. The van der Waals surface area contributed by atoms with Gasteiger partial charge in [-0.2, -0.15) is 9.78 Å². The quantitative estimate of drug-likeness (QED) is 0.596. The minimum Gasteiger partial charge on any atom is -0.507 e. The monoisotopic (exact) mass is 442 g/mol. The van der Waals surface area contributed by atoms with E-state index in [2.05, 4.69) is 26.0 Å². The van der Waals surface area contributed by atoms with Crippen LogP contribution in [0.4, 0.5) is 5.69 Å². The molecule has 0 unspecified atom stereocenters. The molecule has 1 atom stereocenters. The molecule has 0 saturated heterocycles. The molecule has 0 aliphatic carbocycles. The van der Waals surface area contributed by atoms with E-state index < -0.39 is 0 Å². The Kier molecular flexibility index (Phi) is 5.84. The van der Waals surface area contributed by atoms with Gasteiger partial charge >= 0.3 is 0 Å². The Balaban J connectivity index is 2.14. The summed E-state index contributed by atoms with van der Waals surface area (Å²) in [4.78, 5) is 19.7.